The van der Waals surface area contributed by atoms with Crippen molar-refractivity contribution in [3.63, 3.8) is 0 Å². The van der Waals surface area contributed by atoms with Gasteiger partial charge in [-0.05, 0) is 49.2 Å². The molecule has 0 aliphatic carbocycles. The van der Waals surface area contributed by atoms with E-state index in [4.69, 9.17) is 4.74 Å². The van der Waals surface area contributed by atoms with Crippen molar-refractivity contribution in [1.29, 1.82) is 0 Å². The third-order valence-corrected chi connectivity index (χ3v) is 4.22. The Kier molecular flexibility index (Phi) is 7.69. The lowest BCUT2D eigenvalue weighted by molar-refractivity contribution is -0.136. The average Bonchev–Trinajstić information content (AvgIpc) is 2.68. The van der Waals surface area contributed by atoms with Crippen LogP contribution < -0.4 is 10.6 Å². The Morgan fingerprint density at radius 1 is 1.00 bits per heavy atom. The molecule has 0 radical (unpaired) electrons. The molecule has 0 spiro atoms. The fourth-order valence-electron chi connectivity index (χ4n) is 2.61. The second kappa shape index (κ2) is 10.2. The standard InChI is InChI=1S/C22H25N3O5/c1-14-8-9-15(2)19(10-14)24-20(27)12-25(4)21(28)13-30-22(29)17-6-5-7-18(11-17)23-16(3)26/h5-11H,12-13H2,1-4H3,(H,23,26)(H,24,27). The zero-order valence-corrected chi connectivity index (χ0v) is 17.4. The van der Waals surface area contributed by atoms with E-state index in [2.05, 4.69) is 10.6 Å². The van der Waals surface area contributed by atoms with Gasteiger partial charge in [-0.3, -0.25) is 14.4 Å². The monoisotopic (exact) mass is 411 g/mol. The number of hydrogen-bond acceptors (Lipinski definition) is 5. The smallest absolute Gasteiger partial charge is 0.338 e. The van der Waals surface area contributed by atoms with Gasteiger partial charge in [-0.25, -0.2) is 4.79 Å². The lowest BCUT2D eigenvalue weighted by Gasteiger charge is -2.17. The van der Waals surface area contributed by atoms with Gasteiger partial charge in [-0.15, -0.1) is 0 Å². The van der Waals surface area contributed by atoms with E-state index in [1.807, 2.05) is 32.0 Å². The van der Waals surface area contributed by atoms with E-state index >= 15 is 0 Å². The number of likely N-dealkylation sites (N-methyl/N-ethyl adjacent to an activating group) is 1. The minimum absolute atomic E-state index is 0.179. The first-order chi connectivity index (χ1) is 14.2. The molecule has 0 atom stereocenters. The summed E-state index contributed by atoms with van der Waals surface area (Å²) in [5, 5.41) is 5.34. The Balaban J connectivity index is 1.86. The van der Waals surface area contributed by atoms with Crippen LogP contribution >= 0.6 is 0 Å². The number of aryl methyl sites for hydroxylation is 2. The third kappa shape index (κ3) is 6.73. The Labute approximate surface area is 175 Å². The van der Waals surface area contributed by atoms with Crippen LogP contribution in [0.1, 0.15) is 28.4 Å². The first-order valence-electron chi connectivity index (χ1n) is 9.31. The number of carbonyl (C=O) groups excluding carboxylic acids is 4. The van der Waals surface area contributed by atoms with Crippen molar-refractivity contribution in [2.24, 2.45) is 0 Å². The van der Waals surface area contributed by atoms with E-state index in [0.29, 0.717) is 11.4 Å². The highest BCUT2D eigenvalue weighted by molar-refractivity contribution is 5.96. The highest BCUT2D eigenvalue weighted by atomic mass is 16.5. The number of amides is 3. The van der Waals surface area contributed by atoms with Gasteiger partial charge >= 0.3 is 5.97 Å². The van der Waals surface area contributed by atoms with Crippen LogP contribution in [0.15, 0.2) is 42.5 Å². The predicted molar refractivity (Wildman–Crippen MR) is 113 cm³/mol. The zero-order valence-electron chi connectivity index (χ0n) is 17.4. The topological polar surface area (TPSA) is 105 Å². The Hall–Kier alpha value is -3.68. The normalized spacial score (nSPS) is 10.1. The molecule has 158 valence electrons. The summed E-state index contributed by atoms with van der Waals surface area (Å²) in [5.41, 5.74) is 3.26. The number of ether oxygens (including phenoxy) is 1. The number of hydrogen-bond donors (Lipinski definition) is 2. The van der Waals surface area contributed by atoms with Crippen LogP contribution in [0.25, 0.3) is 0 Å². The second-order valence-electron chi connectivity index (χ2n) is 6.95. The highest BCUT2D eigenvalue weighted by Gasteiger charge is 2.17. The quantitative estimate of drug-likeness (QED) is 0.681. The molecule has 0 fully saturated rings. The van der Waals surface area contributed by atoms with Crippen molar-refractivity contribution in [3.05, 3.63) is 59.2 Å². The van der Waals surface area contributed by atoms with Crippen LogP contribution in [0.3, 0.4) is 0 Å². The number of benzene rings is 2. The molecule has 2 rings (SSSR count). The maximum absolute atomic E-state index is 12.2. The van der Waals surface area contributed by atoms with Crippen LogP contribution in [-0.2, 0) is 19.1 Å². The number of nitrogens with one attached hydrogen (secondary N) is 2. The molecule has 0 saturated heterocycles. The molecule has 30 heavy (non-hydrogen) atoms. The number of anilines is 2. The summed E-state index contributed by atoms with van der Waals surface area (Å²) in [5.74, 6) is -1.84. The Morgan fingerprint density at radius 2 is 1.73 bits per heavy atom. The van der Waals surface area contributed by atoms with Gasteiger partial charge in [0.25, 0.3) is 5.91 Å². The van der Waals surface area contributed by atoms with E-state index in [1.54, 1.807) is 12.1 Å². The second-order valence-corrected chi connectivity index (χ2v) is 6.95. The van der Waals surface area contributed by atoms with Crippen molar-refractivity contribution in [1.82, 2.24) is 4.90 Å². The van der Waals surface area contributed by atoms with Crippen LogP contribution in [0.2, 0.25) is 0 Å². The van der Waals surface area contributed by atoms with Crippen molar-refractivity contribution in [3.8, 4) is 0 Å². The molecule has 0 aliphatic rings. The number of carbonyl (C=O) groups is 4. The van der Waals surface area contributed by atoms with Gasteiger partial charge < -0.3 is 20.3 Å². The molecule has 2 N–H and O–H groups in total. The molecule has 0 saturated carbocycles. The zero-order chi connectivity index (χ0) is 22.3. The highest BCUT2D eigenvalue weighted by Crippen LogP contribution is 2.16. The molecule has 0 unspecified atom stereocenters. The van der Waals surface area contributed by atoms with Crippen molar-refractivity contribution in [2.45, 2.75) is 20.8 Å². The molecule has 0 aromatic heterocycles. The van der Waals surface area contributed by atoms with Crippen molar-refractivity contribution < 1.29 is 23.9 Å². The van der Waals surface area contributed by atoms with Crippen molar-refractivity contribution in [2.75, 3.05) is 30.8 Å². The summed E-state index contributed by atoms with van der Waals surface area (Å²) in [6.07, 6.45) is 0. The van der Waals surface area contributed by atoms with Gasteiger partial charge in [0.1, 0.15) is 0 Å². The Bertz CT molecular complexity index is 971. The minimum Gasteiger partial charge on any atom is -0.452 e. The van der Waals surface area contributed by atoms with Gasteiger partial charge in [0.15, 0.2) is 6.61 Å². The Morgan fingerprint density at radius 3 is 2.43 bits per heavy atom. The van der Waals surface area contributed by atoms with Crippen molar-refractivity contribution >= 4 is 35.1 Å². The SMILES string of the molecule is CC(=O)Nc1cccc(C(=O)OCC(=O)N(C)CC(=O)Nc2cc(C)ccc2C)c1. The van der Waals surface area contributed by atoms with Gasteiger partial charge in [-0.1, -0.05) is 18.2 Å². The molecular weight excluding hydrogens is 386 g/mol. The van der Waals surface area contributed by atoms with Gasteiger partial charge in [0.2, 0.25) is 11.8 Å². The molecule has 8 nitrogen and oxygen atoms in total. The number of nitrogens with zero attached hydrogens (tertiary/aromatic N) is 1. The van der Waals surface area contributed by atoms with Crippen LogP contribution in [0.4, 0.5) is 11.4 Å². The lowest BCUT2D eigenvalue weighted by atomic mass is 10.1. The van der Waals surface area contributed by atoms with E-state index in [-0.39, 0.29) is 23.9 Å². The lowest BCUT2D eigenvalue weighted by Crippen LogP contribution is -2.37. The van der Waals surface area contributed by atoms with E-state index in [0.717, 1.165) is 11.1 Å². The molecule has 3 amide bonds. The summed E-state index contributed by atoms with van der Waals surface area (Å²) in [6, 6.07) is 11.9. The molecule has 0 aliphatic heterocycles. The largest absolute Gasteiger partial charge is 0.452 e. The van der Waals surface area contributed by atoms with E-state index in [9.17, 15) is 19.2 Å². The molecule has 2 aromatic carbocycles. The summed E-state index contributed by atoms with van der Waals surface area (Å²) < 4.78 is 5.03. The summed E-state index contributed by atoms with van der Waals surface area (Å²) >= 11 is 0. The fraction of sp³-hybridized carbons (Fsp3) is 0.273. The number of rotatable bonds is 7. The average molecular weight is 411 g/mol. The number of esters is 1. The van der Waals surface area contributed by atoms with Crippen LogP contribution in [0, 0.1) is 13.8 Å². The predicted octanol–water partition coefficient (Wildman–Crippen LogP) is 2.52. The first-order valence-corrected chi connectivity index (χ1v) is 9.31. The molecule has 0 bridgehead atoms. The molecule has 8 heteroatoms. The summed E-state index contributed by atoms with van der Waals surface area (Å²) in [6.45, 7) is 4.48. The van der Waals surface area contributed by atoms with E-state index < -0.39 is 18.5 Å². The van der Waals surface area contributed by atoms with E-state index in [1.165, 1.54) is 31.0 Å². The summed E-state index contributed by atoms with van der Waals surface area (Å²) in [4.78, 5) is 48.9. The minimum atomic E-state index is -0.705. The van der Waals surface area contributed by atoms with Gasteiger partial charge in [0.05, 0.1) is 12.1 Å². The third-order valence-electron chi connectivity index (χ3n) is 4.22. The molecular formula is C22H25N3O5. The van der Waals surface area contributed by atoms with Crippen LogP contribution in [-0.4, -0.2) is 48.8 Å². The van der Waals surface area contributed by atoms with Gasteiger partial charge in [-0.2, -0.15) is 0 Å². The van der Waals surface area contributed by atoms with Crippen LogP contribution in [0.5, 0.6) is 0 Å². The maximum atomic E-state index is 12.2. The first kappa shape index (κ1) is 22.6. The molecule has 0 heterocycles. The molecule has 2 aromatic rings. The van der Waals surface area contributed by atoms with Gasteiger partial charge in [0, 0.05) is 25.3 Å². The summed E-state index contributed by atoms with van der Waals surface area (Å²) in [7, 11) is 1.45. The fourth-order valence-corrected chi connectivity index (χ4v) is 2.61. The maximum Gasteiger partial charge on any atom is 0.338 e.